The molecule has 2 aromatic rings. The maximum Gasteiger partial charge on any atom is 0.212 e. The van der Waals surface area contributed by atoms with Crippen molar-refractivity contribution in [1.82, 2.24) is 25.1 Å². The van der Waals surface area contributed by atoms with Crippen molar-refractivity contribution in [2.75, 3.05) is 13.7 Å². The molecule has 0 bridgehead atoms. The van der Waals surface area contributed by atoms with Crippen LogP contribution in [0.25, 0.3) is 0 Å². The van der Waals surface area contributed by atoms with Crippen LogP contribution in [0.5, 0.6) is 5.88 Å². The van der Waals surface area contributed by atoms with Crippen molar-refractivity contribution in [2.45, 2.75) is 31.8 Å². The van der Waals surface area contributed by atoms with Crippen molar-refractivity contribution in [3.8, 4) is 5.88 Å². The smallest absolute Gasteiger partial charge is 0.212 e. The van der Waals surface area contributed by atoms with Gasteiger partial charge in [-0.2, -0.15) is 5.10 Å². The van der Waals surface area contributed by atoms with Gasteiger partial charge in [0.1, 0.15) is 12.2 Å². The van der Waals surface area contributed by atoms with Crippen LogP contribution >= 0.6 is 0 Å². The van der Waals surface area contributed by atoms with Gasteiger partial charge in [-0.3, -0.25) is 10.00 Å². The Bertz CT molecular complexity index is 525. The Hall–Kier alpha value is -1.95. The van der Waals surface area contributed by atoms with Crippen molar-refractivity contribution < 1.29 is 4.74 Å². The van der Waals surface area contributed by atoms with Crippen molar-refractivity contribution in [3.05, 3.63) is 36.0 Å². The van der Waals surface area contributed by atoms with E-state index in [-0.39, 0.29) is 0 Å². The second-order valence-corrected chi connectivity index (χ2v) is 5.06. The third-order valence-electron chi connectivity index (χ3n) is 3.76. The van der Waals surface area contributed by atoms with Crippen LogP contribution < -0.4 is 4.74 Å². The Balaban J connectivity index is 1.73. The van der Waals surface area contributed by atoms with Gasteiger partial charge < -0.3 is 4.74 Å². The zero-order valence-corrected chi connectivity index (χ0v) is 11.6. The lowest BCUT2D eigenvalue weighted by Gasteiger charge is -2.34. The zero-order valence-electron chi connectivity index (χ0n) is 11.6. The van der Waals surface area contributed by atoms with Crippen LogP contribution in [0.1, 0.15) is 36.7 Å². The predicted octanol–water partition coefficient (Wildman–Crippen LogP) is 1.94. The number of ether oxygens (including phenoxy) is 1. The highest BCUT2D eigenvalue weighted by molar-refractivity contribution is 5.18. The number of pyridine rings is 1. The van der Waals surface area contributed by atoms with E-state index in [9.17, 15) is 0 Å². The molecular weight excluding hydrogens is 254 g/mol. The summed E-state index contributed by atoms with van der Waals surface area (Å²) in [6.45, 7) is 1.96. The highest BCUT2D eigenvalue weighted by Gasteiger charge is 2.26. The largest absolute Gasteiger partial charge is 0.481 e. The van der Waals surface area contributed by atoms with E-state index < -0.39 is 0 Å². The Morgan fingerprint density at radius 3 is 3.00 bits per heavy atom. The minimum atomic E-state index is 0.327. The maximum absolute atomic E-state index is 5.09. The molecule has 0 amide bonds. The molecule has 20 heavy (non-hydrogen) atoms. The number of likely N-dealkylation sites (tertiary alicyclic amines) is 1. The second kappa shape index (κ2) is 6.00. The van der Waals surface area contributed by atoms with Gasteiger partial charge in [0.05, 0.1) is 13.2 Å². The van der Waals surface area contributed by atoms with Gasteiger partial charge in [0.25, 0.3) is 0 Å². The lowest BCUT2D eigenvalue weighted by Crippen LogP contribution is -2.33. The van der Waals surface area contributed by atoms with Crippen LogP contribution in [-0.2, 0) is 6.54 Å². The molecule has 106 valence electrons. The minimum absolute atomic E-state index is 0.327. The Morgan fingerprint density at radius 1 is 1.35 bits per heavy atom. The molecule has 1 aliphatic rings. The molecule has 2 aromatic heterocycles. The maximum atomic E-state index is 5.09. The minimum Gasteiger partial charge on any atom is -0.481 e. The highest BCUT2D eigenvalue weighted by atomic mass is 16.5. The topological polar surface area (TPSA) is 66.9 Å². The molecule has 0 aromatic carbocycles. The fourth-order valence-corrected chi connectivity index (χ4v) is 2.73. The van der Waals surface area contributed by atoms with Gasteiger partial charge >= 0.3 is 0 Å². The molecule has 1 N–H and O–H groups in total. The quantitative estimate of drug-likeness (QED) is 0.922. The summed E-state index contributed by atoms with van der Waals surface area (Å²) in [5, 5.41) is 6.97. The van der Waals surface area contributed by atoms with E-state index in [1.54, 1.807) is 13.4 Å². The summed E-state index contributed by atoms with van der Waals surface area (Å²) in [7, 11) is 1.63. The molecule has 6 heteroatoms. The van der Waals surface area contributed by atoms with E-state index >= 15 is 0 Å². The van der Waals surface area contributed by atoms with Gasteiger partial charge in [0, 0.05) is 18.8 Å². The van der Waals surface area contributed by atoms with Crippen molar-refractivity contribution in [1.29, 1.82) is 0 Å². The van der Waals surface area contributed by atoms with Gasteiger partial charge in [-0.1, -0.05) is 12.5 Å². The van der Waals surface area contributed by atoms with Crippen molar-refractivity contribution >= 4 is 0 Å². The first-order valence-electron chi connectivity index (χ1n) is 6.95. The third kappa shape index (κ3) is 2.80. The fourth-order valence-electron chi connectivity index (χ4n) is 2.73. The standard InChI is InChI=1S/C14H19N5O/c1-20-13-6-5-11(8-15-13)9-19-7-3-2-4-12(19)14-16-10-17-18-14/h5-6,8,10,12H,2-4,7,9H2,1H3,(H,16,17,18)/t12-/m0/s1. The molecule has 6 nitrogen and oxygen atoms in total. The van der Waals surface area contributed by atoms with Crippen LogP contribution in [0, 0.1) is 0 Å². The SMILES string of the molecule is COc1ccc(CN2CCCC[C@H]2c2ncn[nH]2)cn1. The number of rotatable bonds is 4. The molecule has 1 saturated heterocycles. The van der Waals surface area contributed by atoms with E-state index in [1.807, 2.05) is 12.3 Å². The summed E-state index contributed by atoms with van der Waals surface area (Å²) in [6.07, 6.45) is 7.05. The number of aromatic amines is 1. The van der Waals surface area contributed by atoms with Crippen LogP contribution in [0.15, 0.2) is 24.7 Å². The first kappa shape index (κ1) is 13.1. The number of aromatic nitrogens is 4. The van der Waals surface area contributed by atoms with E-state index in [2.05, 4.69) is 31.1 Å². The second-order valence-electron chi connectivity index (χ2n) is 5.06. The lowest BCUT2D eigenvalue weighted by atomic mass is 10.0. The van der Waals surface area contributed by atoms with Gasteiger partial charge in [0.2, 0.25) is 5.88 Å². The van der Waals surface area contributed by atoms with Gasteiger partial charge in [-0.25, -0.2) is 9.97 Å². The average molecular weight is 273 g/mol. The summed E-state index contributed by atoms with van der Waals surface area (Å²) in [5.41, 5.74) is 1.19. The number of hydrogen-bond acceptors (Lipinski definition) is 5. The molecule has 1 aliphatic heterocycles. The van der Waals surface area contributed by atoms with E-state index in [0.717, 1.165) is 25.3 Å². The average Bonchev–Trinajstić information content (AvgIpc) is 3.03. The van der Waals surface area contributed by atoms with Crippen LogP contribution in [0.3, 0.4) is 0 Å². The van der Waals surface area contributed by atoms with Crippen molar-refractivity contribution in [2.24, 2.45) is 0 Å². The number of nitrogens with zero attached hydrogens (tertiary/aromatic N) is 4. The van der Waals surface area contributed by atoms with Gasteiger partial charge in [0.15, 0.2) is 0 Å². The van der Waals surface area contributed by atoms with Crippen molar-refractivity contribution in [3.63, 3.8) is 0 Å². The molecule has 0 aliphatic carbocycles. The van der Waals surface area contributed by atoms with Crippen LogP contribution in [0.2, 0.25) is 0 Å². The number of H-pyrrole nitrogens is 1. The molecule has 1 fully saturated rings. The summed E-state index contributed by atoms with van der Waals surface area (Å²) < 4.78 is 5.09. The van der Waals surface area contributed by atoms with Gasteiger partial charge in [-0.05, 0) is 24.9 Å². The fraction of sp³-hybridized carbons (Fsp3) is 0.500. The highest BCUT2D eigenvalue weighted by Crippen LogP contribution is 2.29. The number of nitrogens with one attached hydrogen (secondary N) is 1. The Kier molecular flexibility index (Phi) is 3.92. The summed E-state index contributed by atoms with van der Waals surface area (Å²) >= 11 is 0. The Morgan fingerprint density at radius 2 is 2.30 bits per heavy atom. The third-order valence-corrected chi connectivity index (χ3v) is 3.76. The van der Waals surface area contributed by atoms with Crippen LogP contribution in [-0.4, -0.2) is 38.7 Å². The first-order chi connectivity index (χ1) is 9.86. The normalized spacial score (nSPS) is 19.9. The predicted molar refractivity (Wildman–Crippen MR) is 74.2 cm³/mol. The number of hydrogen-bond donors (Lipinski definition) is 1. The molecule has 3 rings (SSSR count). The Labute approximate surface area is 118 Å². The lowest BCUT2D eigenvalue weighted by molar-refractivity contribution is 0.134. The molecule has 0 saturated carbocycles. The number of piperidine rings is 1. The summed E-state index contributed by atoms with van der Waals surface area (Å²) in [5.74, 6) is 1.62. The number of methoxy groups -OCH3 is 1. The van der Waals surface area contributed by atoms with E-state index in [1.165, 1.54) is 18.4 Å². The molecule has 0 spiro atoms. The molecule has 1 atom stereocenters. The van der Waals surface area contributed by atoms with Crippen LogP contribution in [0.4, 0.5) is 0 Å². The molecule has 3 heterocycles. The summed E-state index contributed by atoms with van der Waals surface area (Å²) in [4.78, 5) is 11.0. The first-order valence-corrected chi connectivity index (χ1v) is 6.95. The molecular formula is C14H19N5O. The van der Waals surface area contributed by atoms with Gasteiger partial charge in [-0.15, -0.1) is 0 Å². The molecule has 0 unspecified atom stereocenters. The van der Waals surface area contributed by atoms with E-state index in [0.29, 0.717) is 11.9 Å². The molecule has 0 radical (unpaired) electrons. The zero-order chi connectivity index (χ0) is 13.8. The summed E-state index contributed by atoms with van der Waals surface area (Å²) in [6, 6.07) is 4.30. The van der Waals surface area contributed by atoms with E-state index in [4.69, 9.17) is 4.74 Å². The monoisotopic (exact) mass is 273 g/mol.